The van der Waals surface area contributed by atoms with Gasteiger partial charge in [0.25, 0.3) is 0 Å². The summed E-state index contributed by atoms with van der Waals surface area (Å²) in [7, 11) is -6.54. The zero-order valence-corrected chi connectivity index (χ0v) is 11.5. The van der Waals surface area contributed by atoms with Crippen molar-refractivity contribution in [3.8, 4) is 0 Å². The average Bonchev–Trinajstić information content (AvgIpc) is 2.27. The maximum Gasteiger partial charge on any atom is 0.322 e. The third-order valence-corrected chi connectivity index (χ3v) is 5.76. The van der Waals surface area contributed by atoms with Gasteiger partial charge in [0.15, 0.2) is 5.75 Å². The summed E-state index contributed by atoms with van der Waals surface area (Å²) in [6, 6.07) is 0. The standard InChI is InChI=1S/C8H16N2O6S2/c1-16-8(11)6-17(12,13)10-4-2-3-7(5-10)18(9,14)15/h7H,2-6H2,1H3,(H2,9,14,15). The second-order valence-electron chi connectivity index (χ2n) is 4.04. The van der Waals surface area contributed by atoms with Crippen LogP contribution in [-0.2, 0) is 29.6 Å². The molecule has 1 aliphatic rings. The smallest absolute Gasteiger partial charge is 0.322 e. The van der Waals surface area contributed by atoms with E-state index in [1.165, 1.54) is 0 Å². The Balaban J connectivity index is 2.81. The number of carbonyl (C=O) groups is 1. The van der Waals surface area contributed by atoms with E-state index in [2.05, 4.69) is 4.74 Å². The SMILES string of the molecule is COC(=O)CS(=O)(=O)N1CCCC(S(N)(=O)=O)C1. The molecule has 0 aliphatic carbocycles. The molecule has 1 atom stereocenters. The molecule has 1 rings (SSSR count). The maximum atomic E-state index is 11.8. The molecule has 1 saturated heterocycles. The van der Waals surface area contributed by atoms with E-state index in [9.17, 15) is 21.6 Å². The summed E-state index contributed by atoms with van der Waals surface area (Å²) in [5, 5.41) is 4.08. The Bertz CT molecular complexity index is 512. The molecule has 10 heteroatoms. The monoisotopic (exact) mass is 300 g/mol. The highest BCUT2D eigenvalue weighted by Gasteiger charge is 2.35. The zero-order chi connectivity index (χ0) is 14.0. The van der Waals surface area contributed by atoms with Gasteiger partial charge in [-0.25, -0.2) is 26.3 Å². The summed E-state index contributed by atoms with van der Waals surface area (Å²) in [6.45, 7) is -0.0243. The lowest BCUT2D eigenvalue weighted by atomic mass is 10.2. The first kappa shape index (κ1) is 15.3. The predicted molar refractivity (Wildman–Crippen MR) is 63.5 cm³/mol. The number of piperidine rings is 1. The number of primary sulfonamides is 1. The molecule has 0 spiro atoms. The van der Waals surface area contributed by atoms with E-state index in [0.29, 0.717) is 12.8 Å². The summed E-state index contributed by atoms with van der Waals surface area (Å²) in [5.74, 6) is -1.67. The van der Waals surface area contributed by atoms with Crippen molar-refractivity contribution in [1.82, 2.24) is 4.31 Å². The average molecular weight is 300 g/mol. The molecule has 0 radical (unpaired) electrons. The molecule has 8 nitrogen and oxygen atoms in total. The van der Waals surface area contributed by atoms with Crippen LogP contribution < -0.4 is 5.14 Å². The Morgan fingerprint density at radius 2 is 2.00 bits per heavy atom. The van der Waals surface area contributed by atoms with Crippen LogP contribution in [0.25, 0.3) is 0 Å². The van der Waals surface area contributed by atoms with Crippen LogP contribution in [0, 0.1) is 0 Å². The minimum absolute atomic E-state index is 0.186. The molecular formula is C8H16N2O6S2. The number of ether oxygens (including phenoxy) is 1. The van der Waals surface area contributed by atoms with Crippen LogP contribution in [0.4, 0.5) is 0 Å². The first-order valence-electron chi connectivity index (χ1n) is 5.23. The molecule has 0 bridgehead atoms. The number of hydrogen-bond acceptors (Lipinski definition) is 6. The van der Waals surface area contributed by atoms with Gasteiger partial charge < -0.3 is 4.74 Å². The van der Waals surface area contributed by atoms with E-state index in [-0.39, 0.29) is 13.1 Å². The van der Waals surface area contributed by atoms with Gasteiger partial charge in [0, 0.05) is 13.1 Å². The second-order valence-corrected chi connectivity index (χ2v) is 7.86. The van der Waals surface area contributed by atoms with Gasteiger partial charge in [0.2, 0.25) is 20.0 Å². The van der Waals surface area contributed by atoms with Gasteiger partial charge in [-0.3, -0.25) is 4.79 Å². The molecule has 0 aromatic heterocycles. The van der Waals surface area contributed by atoms with Crippen molar-refractivity contribution in [3.05, 3.63) is 0 Å². The first-order chi connectivity index (χ1) is 8.16. The maximum absolute atomic E-state index is 11.8. The number of carbonyl (C=O) groups excluding carboxylic acids is 1. The van der Waals surface area contributed by atoms with Crippen molar-refractivity contribution in [2.45, 2.75) is 18.1 Å². The lowest BCUT2D eigenvalue weighted by Crippen LogP contribution is -2.48. The number of hydrogen-bond donors (Lipinski definition) is 1. The van der Waals surface area contributed by atoms with Crippen molar-refractivity contribution in [1.29, 1.82) is 0 Å². The Morgan fingerprint density at radius 3 is 2.50 bits per heavy atom. The third-order valence-electron chi connectivity index (χ3n) is 2.73. The van der Waals surface area contributed by atoms with Gasteiger partial charge in [-0.2, -0.15) is 0 Å². The number of sulfonamides is 2. The minimum Gasteiger partial charge on any atom is -0.468 e. The Morgan fingerprint density at radius 1 is 1.39 bits per heavy atom. The summed E-state index contributed by atoms with van der Waals surface area (Å²) in [5.41, 5.74) is 0. The molecule has 1 unspecified atom stereocenters. The van der Waals surface area contributed by atoms with Crippen LogP contribution in [0.15, 0.2) is 0 Å². The van der Waals surface area contributed by atoms with Crippen molar-refractivity contribution >= 4 is 26.0 Å². The fourth-order valence-corrected chi connectivity index (χ4v) is 4.11. The summed E-state index contributed by atoms with van der Waals surface area (Å²) >= 11 is 0. The summed E-state index contributed by atoms with van der Waals surface area (Å²) in [6.07, 6.45) is 0.713. The van der Waals surface area contributed by atoms with Crippen molar-refractivity contribution in [2.75, 3.05) is 26.0 Å². The number of nitrogens with two attached hydrogens (primary N) is 1. The molecule has 18 heavy (non-hydrogen) atoms. The summed E-state index contributed by atoms with van der Waals surface area (Å²) in [4.78, 5) is 11.0. The molecule has 0 saturated carbocycles. The lowest BCUT2D eigenvalue weighted by Gasteiger charge is -2.30. The Kier molecular flexibility index (Phi) is 4.70. The van der Waals surface area contributed by atoms with Gasteiger partial charge >= 0.3 is 5.97 Å². The fourth-order valence-electron chi connectivity index (χ4n) is 1.72. The molecule has 0 aromatic rings. The van der Waals surface area contributed by atoms with Crippen LogP contribution in [0.1, 0.15) is 12.8 Å². The molecule has 0 amide bonds. The van der Waals surface area contributed by atoms with Crippen molar-refractivity contribution in [3.63, 3.8) is 0 Å². The minimum atomic E-state index is -3.85. The number of methoxy groups -OCH3 is 1. The molecule has 0 aromatic carbocycles. The molecule has 106 valence electrons. The normalized spacial score (nSPS) is 22.7. The highest BCUT2D eigenvalue weighted by molar-refractivity contribution is 7.90. The van der Waals surface area contributed by atoms with Crippen LogP contribution in [0.5, 0.6) is 0 Å². The van der Waals surface area contributed by atoms with Gasteiger partial charge in [-0.1, -0.05) is 0 Å². The van der Waals surface area contributed by atoms with E-state index < -0.39 is 37.0 Å². The first-order valence-corrected chi connectivity index (χ1v) is 8.45. The highest BCUT2D eigenvalue weighted by Crippen LogP contribution is 2.18. The lowest BCUT2D eigenvalue weighted by molar-refractivity contribution is -0.137. The van der Waals surface area contributed by atoms with E-state index in [1.807, 2.05) is 0 Å². The molecule has 1 heterocycles. The second kappa shape index (κ2) is 5.51. The molecule has 1 fully saturated rings. The topological polar surface area (TPSA) is 124 Å². The fraction of sp³-hybridized carbons (Fsp3) is 0.875. The van der Waals surface area contributed by atoms with Crippen LogP contribution in [-0.4, -0.2) is 58.3 Å². The van der Waals surface area contributed by atoms with E-state index >= 15 is 0 Å². The van der Waals surface area contributed by atoms with E-state index in [1.54, 1.807) is 0 Å². The van der Waals surface area contributed by atoms with Gasteiger partial charge in [-0.15, -0.1) is 0 Å². The van der Waals surface area contributed by atoms with Crippen molar-refractivity contribution in [2.24, 2.45) is 5.14 Å². The van der Waals surface area contributed by atoms with Gasteiger partial charge in [-0.05, 0) is 12.8 Å². The van der Waals surface area contributed by atoms with E-state index in [0.717, 1.165) is 11.4 Å². The van der Waals surface area contributed by atoms with Gasteiger partial charge in [0.1, 0.15) is 0 Å². The van der Waals surface area contributed by atoms with Crippen molar-refractivity contribution < 1.29 is 26.4 Å². The van der Waals surface area contributed by atoms with E-state index in [4.69, 9.17) is 5.14 Å². The number of esters is 1. The zero-order valence-electron chi connectivity index (χ0n) is 9.90. The van der Waals surface area contributed by atoms with Crippen LogP contribution in [0.2, 0.25) is 0 Å². The summed E-state index contributed by atoms with van der Waals surface area (Å²) < 4.78 is 51.3. The molecule has 2 N–H and O–H groups in total. The number of rotatable bonds is 4. The molecular weight excluding hydrogens is 284 g/mol. The van der Waals surface area contributed by atoms with Crippen LogP contribution >= 0.6 is 0 Å². The quantitative estimate of drug-likeness (QED) is 0.613. The predicted octanol–water partition coefficient (Wildman–Crippen LogP) is -1.76. The molecule has 1 aliphatic heterocycles. The number of nitrogens with zero attached hydrogens (tertiary/aromatic N) is 1. The third kappa shape index (κ3) is 3.90. The van der Waals surface area contributed by atoms with Gasteiger partial charge in [0.05, 0.1) is 12.4 Å². The van der Waals surface area contributed by atoms with Crippen LogP contribution in [0.3, 0.4) is 0 Å². The largest absolute Gasteiger partial charge is 0.468 e. The Hall–Kier alpha value is -0.710. The highest BCUT2D eigenvalue weighted by atomic mass is 32.2. The Labute approximate surface area is 106 Å².